The van der Waals surface area contributed by atoms with Crippen LogP contribution in [0.1, 0.15) is 43.7 Å². The standard InChI is InChI=1S/C11H17NS/c12-11(10-6-7-13-8-10)9-4-2-1-3-5-9/h6-9,11H,1-5,12H2/t11-/m1/s1. The van der Waals surface area contributed by atoms with Gasteiger partial charge in [-0.25, -0.2) is 0 Å². The number of rotatable bonds is 2. The van der Waals surface area contributed by atoms with E-state index in [1.54, 1.807) is 11.3 Å². The van der Waals surface area contributed by atoms with Crippen molar-refractivity contribution in [2.75, 3.05) is 0 Å². The fourth-order valence-corrected chi connectivity index (χ4v) is 2.94. The van der Waals surface area contributed by atoms with Crippen LogP contribution >= 0.6 is 11.3 Å². The molecule has 1 nitrogen and oxygen atoms in total. The van der Waals surface area contributed by atoms with E-state index in [1.807, 2.05) is 0 Å². The lowest BCUT2D eigenvalue weighted by atomic mass is 9.82. The van der Waals surface area contributed by atoms with E-state index >= 15 is 0 Å². The van der Waals surface area contributed by atoms with Crippen molar-refractivity contribution in [2.24, 2.45) is 11.7 Å². The summed E-state index contributed by atoms with van der Waals surface area (Å²) in [6, 6.07) is 2.47. The summed E-state index contributed by atoms with van der Waals surface area (Å²) in [6.45, 7) is 0. The van der Waals surface area contributed by atoms with Crippen molar-refractivity contribution in [3.63, 3.8) is 0 Å². The second kappa shape index (κ2) is 4.25. The predicted octanol–water partition coefficient (Wildman–Crippen LogP) is 3.33. The van der Waals surface area contributed by atoms with Crippen molar-refractivity contribution in [1.82, 2.24) is 0 Å². The van der Waals surface area contributed by atoms with Crippen LogP contribution in [0.5, 0.6) is 0 Å². The predicted molar refractivity (Wildman–Crippen MR) is 57.8 cm³/mol. The molecule has 0 aliphatic heterocycles. The highest BCUT2D eigenvalue weighted by Crippen LogP contribution is 2.33. The molecule has 0 aromatic carbocycles. The van der Waals surface area contributed by atoms with E-state index in [-0.39, 0.29) is 0 Å². The highest BCUT2D eigenvalue weighted by atomic mass is 32.1. The van der Waals surface area contributed by atoms with Crippen LogP contribution in [0.15, 0.2) is 16.8 Å². The normalized spacial score (nSPS) is 21.6. The van der Waals surface area contributed by atoms with Gasteiger partial charge in [0.15, 0.2) is 0 Å². The molecule has 2 N–H and O–H groups in total. The van der Waals surface area contributed by atoms with E-state index in [0.29, 0.717) is 6.04 Å². The number of thiophene rings is 1. The quantitative estimate of drug-likeness (QED) is 0.769. The van der Waals surface area contributed by atoms with Gasteiger partial charge in [-0.1, -0.05) is 19.3 Å². The number of hydrogen-bond donors (Lipinski definition) is 1. The highest BCUT2D eigenvalue weighted by Gasteiger charge is 2.21. The minimum absolute atomic E-state index is 0.298. The molecule has 1 aromatic rings. The van der Waals surface area contributed by atoms with Gasteiger partial charge in [0.2, 0.25) is 0 Å². The zero-order valence-corrected chi connectivity index (χ0v) is 8.72. The highest BCUT2D eigenvalue weighted by molar-refractivity contribution is 7.07. The molecule has 0 bridgehead atoms. The Hall–Kier alpha value is -0.340. The number of hydrogen-bond acceptors (Lipinski definition) is 2. The molecule has 0 spiro atoms. The Morgan fingerprint density at radius 3 is 2.69 bits per heavy atom. The van der Waals surface area contributed by atoms with Gasteiger partial charge < -0.3 is 5.73 Å². The van der Waals surface area contributed by atoms with Gasteiger partial charge in [-0.15, -0.1) is 0 Å². The van der Waals surface area contributed by atoms with Gasteiger partial charge in [0.25, 0.3) is 0 Å². The molecule has 1 heterocycles. The molecule has 0 radical (unpaired) electrons. The van der Waals surface area contributed by atoms with Crippen LogP contribution in [-0.2, 0) is 0 Å². The van der Waals surface area contributed by atoms with E-state index in [2.05, 4.69) is 16.8 Å². The fraction of sp³-hybridized carbons (Fsp3) is 0.636. The zero-order chi connectivity index (χ0) is 9.10. The van der Waals surface area contributed by atoms with Crippen LogP contribution in [-0.4, -0.2) is 0 Å². The number of nitrogens with two attached hydrogens (primary N) is 1. The summed E-state index contributed by atoms with van der Waals surface area (Å²) in [5.41, 5.74) is 7.57. The first-order valence-corrected chi connectivity index (χ1v) is 6.10. The van der Waals surface area contributed by atoms with Crippen LogP contribution in [0.2, 0.25) is 0 Å². The van der Waals surface area contributed by atoms with Crippen molar-refractivity contribution < 1.29 is 0 Å². The molecule has 72 valence electrons. The van der Waals surface area contributed by atoms with Crippen LogP contribution in [0.3, 0.4) is 0 Å². The third-order valence-corrected chi connectivity index (χ3v) is 3.79. The van der Waals surface area contributed by atoms with E-state index in [0.717, 1.165) is 5.92 Å². The van der Waals surface area contributed by atoms with Gasteiger partial charge in [0.1, 0.15) is 0 Å². The van der Waals surface area contributed by atoms with Gasteiger partial charge in [-0.05, 0) is 41.1 Å². The van der Waals surface area contributed by atoms with Crippen molar-refractivity contribution >= 4 is 11.3 Å². The zero-order valence-electron chi connectivity index (χ0n) is 7.91. The Labute approximate surface area is 84.0 Å². The first-order valence-electron chi connectivity index (χ1n) is 5.15. The van der Waals surface area contributed by atoms with Gasteiger partial charge in [-0.3, -0.25) is 0 Å². The van der Waals surface area contributed by atoms with Crippen molar-refractivity contribution in [3.8, 4) is 0 Å². The lowest BCUT2D eigenvalue weighted by Gasteiger charge is -2.26. The molecular weight excluding hydrogens is 178 g/mol. The Bertz CT molecular complexity index is 237. The average molecular weight is 195 g/mol. The van der Waals surface area contributed by atoms with Crippen LogP contribution < -0.4 is 5.73 Å². The topological polar surface area (TPSA) is 26.0 Å². The van der Waals surface area contributed by atoms with Gasteiger partial charge in [-0.2, -0.15) is 11.3 Å². The molecule has 2 rings (SSSR count). The minimum atomic E-state index is 0.298. The molecule has 0 saturated heterocycles. The molecule has 1 aromatic heterocycles. The molecule has 0 unspecified atom stereocenters. The van der Waals surface area contributed by atoms with E-state index in [4.69, 9.17) is 5.73 Å². The third-order valence-electron chi connectivity index (χ3n) is 3.09. The van der Waals surface area contributed by atoms with Gasteiger partial charge in [0.05, 0.1) is 0 Å². The summed E-state index contributed by atoms with van der Waals surface area (Å²) in [5.74, 6) is 0.739. The smallest absolute Gasteiger partial charge is 0.0331 e. The summed E-state index contributed by atoms with van der Waals surface area (Å²) < 4.78 is 0. The van der Waals surface area contributed by atoms with Crippen molar-refractivity contribution in [1.29, 1.82) is 0 Å². The Morgan fingerprint density at radius 1 is 1.31 bits per heavy atom. The largest absolute Gasteiger partial charge is 0.324 e. The molecule has 0 amide bonds. The van der Waals surface area contributed by atoms with Crippen molar-refractivity contribution in [3.05, 3.63) is 22.4 Å². The summed E-state index contributed by atoms with van der Waals surface area (Å²) >= 11 is 1.75. The molecule has 1 atom stereocenters. The van der Waals surface area contributed by atoms with Crippen LogP contribution in [0.25, 0.3) is 0 Å². The molecule has 13 heavy (non-hydrogen) atoms. The van der Waals surface area contributed by atoms with E-state index in [1.165, 1.54) is 37.7 Å². The van der Waals surface area contributed by atoms with Gasteiger partial charge in [0, 0.05) is 6.04 Å². The maximum atomic E-state index is 6.22. The third kappa shape index (κ3) is 2.12. The fourth-order valence-electron chi connectivity index (χ4n) is 2.23. The van der Waals surface area contributed by atoms with Gasteiger partial charge >= 0.3 is 0 Å². The van der Waals surface area contributed by atoms with Crippen LogP contribution in [0.4, 0.5) is 0 Å². The molecule has 1 fully saturated rings. The minimum Gasteiger partial charge on any atom is -0.324 e. The summed E-state index contributed by atoms with van der Waals surface area (Å²) in [6.07, 6.45) is 6.83. The molecule has 2 heteroatoms. The first-order chi connectivity index (χ1) is 6.38. The summed E-state index contributed by atoms with van der Waals surface area (Å²) in [5, 5.41) is 4.32. The summed E-state index contributed by atoms with van der Waals surface area (Å²) in [4.78, 5) is 0. The Kier molecular flexibility index (Phi) is 3.01. The second-order valence-corrected chi connectivity index (χ2v) is 4.76. The Balaban J connectivity index is 1.99. The van der Waals surface area contributed by atoms with E-state index < -0.39 is 0 Å². The molecule has 1 aliphatic carbocycles. The molecular formula is C11H17NS. The Morgan fingerprint density at radius 2 is 2.08 bits per heavy atom. The first kappa shape index (κ1) is 9.22. The van der Waals surface area contributed by atoms with Crippen molar-refractivity contribution in [2.45, 2.75) is 38.1 Å². The molecule has 1 aliphatic rings. The average Bonchev–Trinajstić information content (AvgIpc) is 2.71. The molecule has 1 saturated carbocycles. The maximum absolute atomic E-state index is 6.22. The maximum Gasteiger partial charge on any atom is 0.0331 e. The second-order valence-electron chi connectivity index (χ2n) is 3.98. The van der Waals surface area contributed by atoms with Crippen LogP contribution in [0, 0.1) is 5.92 Å². The lowest BCUT2D eigenvalue weighted by Crippen LogP contribution is -2.22. The SMILES string of the molecule is N[C@@H](c1ccsc1)C1CCCCC1. The summed E-state index contributed by atoms with van der Waals surface area (Å²) in [7, 11) is 0. The monoisotopic (exact) mass is 195 g/mol. The van der Waals surface area contributed by atoms with E-state index in [9.17, 15) is 0 Å². The lowest BCUT2D eigenvalue weighted by molar-refractivity contribution is 0.308.